The Labute approximate surface area is 110 Å². The van der Waals surface area contributed by atoms with E-state index < -0.39 is 16.6 Å². The Kier molecular flexibility index (Phi) is 3.99. The van der Waals surface area contributed by atoms with Crippen LogP contribution in [0.3, 0.4) is 0 Å². The van der Waals surface area contributed by atoms with Crippen LogP contribution in [0.15, 0.2) is 18.2 Å². The SMILES string of the molecule is O=C(O)c1cc(OC2CCCCC2)ccc1[N+](=O)[O-]. The molecule has 0 amide bonds. The molecule has 1 saturated carbocycles. The fourth-order valence-corrected chi connectivity index (χ4v) is 2.29. The average Bonchev–Trinajstić information content (AvgIpc) is 2.39. The monoisotopic (exact) mass is 265 g/mol. The van der Waals surface area contributed by atoms with Crippen molar-refractivity contribution >= 4 is 11.7 Å². The molecule has 102 valence electrons. The first kappa shape index (κ1) is 13.3. The molecular formula is C13H15NO5. The number of ether oxygens (including phenoxy) is 1. The summed E-state index contributed by atoms with van der Waals surface area (Å²) in [5.41, 5.74) is -0.748. The Hall–Kier alpha value is -2.11. The molecule has 0 bridgehead atoms. The highest BCUT2D eigenvalue weighted by Gasteiger charge is 2.22. The van der Waals surface area contributed by atoms with Crippen LogP contribution in [0, 0.1) is 10.1 Å². The van der Waals surface area contributed by atoms with Gasteiger partial charge in [-0.05, 0) is 31.7 Å². The molecule has 6 heteroatoms. The van der Waals surface area contributed by atoms with Crippen molar-refractivity contribution in [2.24, 2.45) is 0 Å². The second-order valence-corrected chi connectivity index (χ2v) is 4.62. The highest BCUT2D eigenvalue weighted by molar-refractivity contribution is 5.92. The zero-order chi connectivity index (χ0) is 13.8. The van der Waals surface area contributed by atoms with Gasteiger partial charge in [-0.1, -0.05) is 6.42 Å². The molecule has 6 nitrogen and oxygen atoms in total. The Morgan fingerprint density at radius 1 is 1.32 bits per heavy atom. The number of aromatic carboxylic acids is 1. The second-order valence-electron chi connectivity index (χ2n) is 4.62. The van der Waals surface area contributed by atoms with Crippen molar-refractivity contribution in [1.82, 2.24) is 0 Å². The average molecular weight is 265 g/mol. The van der Waals surface area contributed by atoms with Gasteiger partial charge < -0.3 is 9.84 Å². The van der Waals surface area contributed by atoms with Gasteiger partial charge in [0.2, 0.25) is 0 Å². The number of benzene rings is 1. The first-order valence-electron chi connectivity index (χ1n) is 6.26. The highest BCUT2D eigenvalue weighted by atomic mass is 16.6. The summed E-state index contributed by atoms with van der Waals surface area (Å²) in [4.78, 5) is 21.0. The Bertz CT molecular complexity index is 494. The summed E-state index contributed by atoms with van der Waals surface area (Å²) in [6.07, 6.45) is 5.36. The molecule has 1 aliphatic rings. The smallest absolute Gasteiger partial charge is 0.342 e. The molecule has 0 aromatic heterocycles. The number of nitro groups is 1. The van der Waals surface area contributed by atoms with Crippen LogP contribution in [-0.2, 0) is 0 Å². The van der Waals surface area contributed by atoms with Gasteiger partial charge in [-0.25, -0.2) is 4.79 Å². The van der Waals surface area contributed by atoms with Gasteiger partial charge in [-0.2, -0.15) is 0 Å². The van der Waals surface area contributed by atoms with E-state index in [1.807, 2.05) is 0 Å². The lowest BCUT2D eigenvalue weighted by atomic mass is 9.98. The largest absolute Gasteiger partial charge is 0.490 e. The van der Waals surface area contributed by atoms with Gasteiger partial charge in [0.05, 0.1) is 11.0 Å². The second kappa shape index (κ2) is 5.69. The van der Waals surface area contributed by atoms with Gasteiger partial charge >= 0.3 is 5.97 Å². The van der Waals surface area contributed by atoms with Crippen LogP contribution in [0.2, 0.25) is 0 Å². The number of hydrogen-bond acceptors (Lipinski definition) is 4. The van der Waals surface area contributed by atoms with Crippen molar-refractivity contribution in [2.75, 3.05) is 0 Å². The number of rotatable bonds is 4. The van der Waals surface area contributed by atoms with Gasteiger partial charge in [0, 0.05) is 12.1 Å². The van der Waals surface area contributed by atoms with Crippen molar-refractivity contribution in [2.45, 2.75) is 38.2 Å². The third kappa shape index (κ3) is 3.21. The summed E-state index contributed by atoms with van der Waals surface area (Å²) in [6, 6.07) is 3.87. The maximum atomic E-state index is 11.0. The number of carboxylic acid groups (broad SMARTS) is 1. The first-order chi connectivity index (χ1) is 9.08. The number of hydrogen-bond donors (Lipinski definition) is 1. The van der Waals surface area contributed by atoms with Gasteiger partial charge in [-0.15, -0.1) is 0 Å². The van der Waals surface area contributed by atoms with Gasteiger partial charge in [0.25, 0.3) is 5.69 Å². The predicted octanol–water partition coefficient (Wildman–Crippen LogP) is 3.00. The molecule has 1 N–H and O–H groups in total. The molecule has 0 aliphatic heterocycles. The van der Waals surface area contributed by atoms with Crippen molar-refractivity contribution in [1.29, 1.82) is 0 Å². The minimum Gasteiger partial charge on any atom is -0.490 e. The summed E-state index contributed by atoms with van der Waals surface area (Å²) >= 11 is 0. The summed E-state index contributed by atoms with van der Waals surface area (Å²) in [7, 11) is 0. The number of nitrogens with zero attached hydrogens (tertiary/aromatic N) is 1. The Morgan fingerprint density at radius 2 is 2.00 bits per heavy atom. The van der Waals surface area contributed by atoms with E-state index in [0.29, 0.717) is 5.75 Å². The van der Waals surface area contributed by atoms with Crippen LogP contribution >= 0.6 is 0 Å². The normalized spacial score (nSPS) is 16.0. The zero-order valence-corrected chi connectivity index (χ0v) is 10.4. The molecule has 0 atom stereocenters. The lowest BCUT2D eigenvalue weighted by molar-refractivity contribution is -0.385. The summed E-state index contributed by atoms with van der Waals surface area (Å²) in [5.74, 6) is -0.935. The van der Waals surface area contributed by atoms with Crippen molar-refractivity contribution in [3.8, 4) is 5.75 Å². The maximum Gasteiger partial charge on any atom is 0.342 e. The lowest BCUT2D eigenvalue weighted by Gasteiger charge is -2.23. The zero-order valence-electron chi connectivity index (χ0n) is 10.4. The van der Waals surface area contributed by atoms with E-state index >= 15 is 0 Å². The topological polar surface area (TPSA) is 89.7 Å². The van der Waals surface area contributed by atoms with Crippen molar-refractivity contribution in [3.05, 3.63) is 33.9 Å². The molecule has 1 aromatic carbocycles. The van der Waals surface area contributed by atoms with Crippen LogP contribution < -0.4 is 4.74 Å². The third-order valence-corrected chi connectivity index (χ3v) is 3.25. The van der Waals surface area contributed by atoms with Crippen molar-refractivity contribution < 1.29 is 19.6 Å². The quantitative estimate of drug-likeness (QED) is 0.667. The molecule has 1 aliphatic carbocycles. The van der Waals surface area contributed by atoms with Crippen LogP contribution in [-0.4, -0.2) is 22.1 Å². The van der Waals surface area contributed by atoms with Crippen molar-refractivity contribution in [3.63, 3.8) is 0 Å². The van der Waals surface area contributed by atoms with E-state index in [2.05, 4.69) is 0 Å². The van der Waals surface area contributed by atoms with Gasteiger partial charge in [0.1, 0.15) is 11.3 Å². The minimum absolute atomic E-state index is 0.0804. The number of carboxylic acids is 1. The third-order valence-electron chi connectivity index (χ3n) is 3.25. The standard InChI is InChI=1S/C13H15NO5/c15-13(16)11-8-10(6-7-12(11)14(17)18)19-9-4-2-1-3-5-9/h6-9H,1-5H2,(H,15,16). The van der Waals surface area contributed by atoms with Gasteiger partial charge in [0.15, 0.2) is 0 Å². The predicted molar refractivity (Wildman–Crippen MR) is 67.6 cm³/mol. The summed E-state index contributed by atoms with van der Waals surface area (Å²) in [6.45, 7) is 0. The number of nitro benzene ring substituents is 1. The molecule has 1 fully saturated rings. The fourth-order valence-electron chi connectivity index (χ4n) is 2.29. The minimum atomic E-state index is -1.32. The fraction of sp³-hybridized carbons (Fsp3) is 0.462. The highest BCUT2D eigenvalue weighted by Crippen LogP contribution is 2.27. The Balaban J connectivity index is 2.20. The van der Waals surface area contributed by atoms with E-state index in [0.717, 1.165) is 25.7 Å². The summed E-state index contributed by atoms with van der Waals surface area (Å²) in [5, 5.41) is 19.7. The molecule has 0 unspecified atom stereocenters. The lowest BCUT2D eigenvalue weighted by Crippen LogP contribution is -2.19. The molecule has 0 saturated heterocycles. The van der Waals surface area contributed by atoms with E-state index in [1.165, 1.54) is 24.6 Å². The molecule has 1 aromatic rings. The number of carbonyl (C=O) groups is 1. The van der Waals surface area contributed by atoms with E-state index in [-0.39, 0.29) is 11.7 Å². The van der Waals surface area contributed by atoms with Crippen LogP contribution in [0.25, 0.3) is 0 Å². The first-order valence-corrected chi connectivity index (χ1v) is 6.26. The van der Waals surface area contributed by atoms with Crippen LogP contribution in [0.4, 0.5) is 5.69 Å². The molecule has 19 heavy (non-hydrogen) atoms. The summed E-state index contributed by atoms with van der Waals surface area (Å²) < 4.78 is 5.69. The molecule has 0 spiro atoms. The van der Waals surface area contributed by atoms with E-state index in [1.54, 1.807) is 0 Å². The molecule has 0 radical (unpaired) electrons. The van der Waals surface area contributed by atoms with Gasteiger partial charge in [-0.3, -0.25) is 10.1 Å². The van der Waals surface area contributed by atoms with Crippen LogP contribution in [0.5, 0.6) is 5.75 Å². The van der Waals surface area contributed by atoms with Crippen LogP contribution in [0.1, 0.15) is 42.5 Å². The van der Waals surface area contributed by atoms with E-state index in [4.69, 9.17) is 9.84 Å². The van der Waals surface area contributed by atoms with E-state index in [9.17, 15) is 14.9 Å². The molecular weight excluding hydrogens is 250 g/mol. The maximum absolute atomic E-state index is 11.0. The Morgan fingerprint density at radius 3 is 2.58 bits per heavy atom. The molecule has 2 rings (SSSR count). The molecule has 0 heterocycles.